The van der Waals surface area contributed by atoms with Crippen LogP contribution in [0.25, 0.3) is 0 Å². The monoisotopic (exact) mass is 1270 g/mol. The highest BCUT2D eigenvalue weighted by atomic mass is 16.4. The van der Waals surface area contributed by atoms with Crippen LogP contribution >= 0.6 is 0 Å². The normalized spacial score (nSPS) is 15.7. The van der Waals surface area contributed by atoms with Crippen molar-refractivity contribution in [2.75, 3.05) is 13.1 Å². The molecule has 1 heterocycles. The molecule has 0 aliphatic carbocycles. The summed E-state index contributed by atoms with van der Waals surface area (Å²) in [5.41, 5.74) is 19.5. The highest BCUT2D eigenvalue weighted by Gasteiger charge is 2.41. The summed E-state index contributed by atoms with van der Waals surface area (Å²) < 4.78 is 0. The number of likely N-dealkylation sites (tertiary alicyclic amines) is 1. The number of benzene rings is 4. The van der Waals surface area contributed by atoms with E-state index in [4.69, 9.17) is 17.2 Å². The van der Waals surface area contributed by atoms with Gasteiger partial charge in [-0.3, -0.25) is 52.7 Å². The fourth-order valence-electron chi connectivity index (χ4n) is 10.3. The summed E-state index contributed by atoms with van der Waals surface area (Å²) in [6.07, 6.45) is -1.77. The van der Waals surface area contributed by atoms with Crippen molar-refractivity contribution in [2.45, 2.75) is 159 Å². The number of carboxylic acids is 2. The summed E-state index contributed by atoms with van der Waals surface area (Å²) in [6, 6.07) is 16.5. The molecule has 10 amide bonds. The average molecular weight is 1280 g/mol. The van der Waals surface area contributed by atoms with Crippen LogP contribution in [0.15, 0.2) is 115 Å². The van der Waals surface area contributed by atoms with E-state index in [0.717, 1.165) is 0 Å². The molecule has 4 aromatic rings. The fourth-order valence-corrected chi connectivity index (χ4v) is 10.3. The SMILES string of the molecule is CC(C)C[C@H](NC(=O)[C@H](CCCN)NC(=O)[C@@H](N)C(C)C)C(=O)N[C@@H](Cc1ccc(O)cc1)C(=O)N1CCC[C@H]1C(=O)N[C@@H](Cc1ccccc1)C(=O)N[C@@H](Cc1ccccc1)C(=O)N[C@@H](CC(N)=O)C(=O)N[C@@H](CC(=O)O)C(=O)N[C@@H](Cc1ccccc1)C(=O)O. The summed E-state index contributed by atoms with van der Waals surface area (Å²) in [7, 11) is 0. The van der Waals surface area contributed by atoms with Gasteiger partial charge in [0.25, 0.3) is 0 Å². The summed E-state index contributed by atoms with van der Waals surface area (Å²) in [5, 5.41) is 50.4. The standard InChI is InChI=1S/C65H86N12O15/c1-37(2)30-45(70-56(82)44(22-14-28-66)69-63(89)55(68)38(3)4)57(83)75-50(33-42-24-26-43(78)27-25-42)64(90)77-29-15-23-52(77)62(88)74-47(32-40-18-10-6-11-19-40)59(85)71-46(31-39-16-8-5-9-17-39)58(84)72-48(35-53(67)79)60(86)73-49(36-54(80)81)61(87)76-51(65(91)92)34-41-20-12-7-13-21-41/h5-13,16-21,24-27,37-38,44-52,55,78H,14-15,22-23,28-36,66,68H2,1-4H3,(H2,67,79)(H,69,89)(H,70,82)(H,71,85)(H,72,84)(H,73,86)(H,74,88)(H,75,83)(H,76,87)(H,80,81)(H,91,92)/t44-,45-,46-,47-,48-,49-,50-,51-,52-,55-/m0/s1. The molecule has 1 fully saturated rings. The number of phenolic OH excluding ortho intramolecular Hbond substituents is 1. The second kappa shape index (κ2) is 36.2. The Morgan fingerprint density at radius 1 is 0.500 bits per heavy atom. The van der Waals surface area contributed by atoms with Crippen molar-refractivity contribution < 1.29 is 72.9 Å². The molecular formula is C65H86N12O15. The Labute approximate surface area is 533 Å². The highest BCUT2D eigenvalue weighted by Crippen LogP contribution is 2.22. The van der Waals surface area contributed by atoms with E-state index < -0.39 is 144 Å². The van der Waals surface area contributed by atoms with Crippen LogP contribution in [0, 0.1) is 11.8 Å². The summed E-state index contributed by atoms with van der Waals surface area (Å²) in [6.45, 7) is 7.38. The maximum absolute atomic E-state index is 15.1. The molecule has 27 nitrogen and oxygen atoms in total. The maximum Gasteiger partial charge on any atom is 0.326 e. The van der Waals surface area contributed by atoms with Crippen molar-refractivity contribution in [3.63, 3.8) is 0 Å². The second-order valence-electron chi connectivity index (χ2n) is 23.6. The van der Waals surface area contributed by atoms with Gasteiger partial charge < -0.3 is 80.0 Å². The van der Waals surface area contributed by atoms with E-state index in [1.54, 1.807) is 117 Å². The van der Waals surface area contributed by atoms with Crippen molar-refractivity contribution in [1.82, 2.24) is 47.4 Å². The van der Waals surface area contributed by atoms with Gasteiger partial charge in [-0.2, -0.15) is 0 Å². The number of phenols is 1. The lowest BCUT2D eigenvalue weighted by Crippen LogP contribution is -2.61. The number of primary amides is 1. The molecule has 4 aromatic carbocycles. The van der Waals surface area contributed by atoms with Gasteiger partial charge in [-0.15, -0.1) is 0 Å². The third-order valence-corrected chi connectivity index (χ3v) is 15.3. The van der Waals surface area contributed by atoms with Gasteiger partial charge in [-0.25, -0.2) is 4.79 Å². The van der Waals surface area contributed by atoms with Crippen LogP contribution in [-0.4, -0.2) is 165 Å². The van der Waals surface area contributed by atoms with Crippen molar-refractivity contribution in [3.05, 3.63) is 138 Å². The van der Waals surface area contributed by atoms with E-state index in [9.17, 15) is 68.1 Å². The number of nitrogens with one attached hydrogen (secondary N) is 8. The third-order valence-electron chi connectivity index (χ3n) is 15.3. The quantitative estimate of drug-likeness (QED) is 0.0279. The number of rotatable bonds is 36. The Morgan fingerprint density at radius 3 is 1.38 bits per heavy atom. The first-order chi connectivity index (χ1) is 43.7. The maximum atomic E-state index is 15.1. The van der Waals surface area contributed by atoms with Crippen LogP contribution < -0.4 is 59.7 Å². The number of nitrogens with zero attached hydrogens (tertiary/aromatic N) is 1. The summed E-state index contributed by atoms with van der Waals surface area (Å²) >= 11 is 0. The Bertz CT molecular complexity index is 3180. The number of aliphatic carboxylic acids is 2. The number of carboxylic acid groups (broad SMARTS) is 2. The smallest absolute Gasteiger partial charge is 0.326 e. The molecule has 0 radical (unpaired) electrons. The lowest BCUT2D eigenvalue weighted by atomic mass is 9.99. The van der Waals surface area contributed by atoms with Crippen molar-refractivity contribution in [2.24, 2.45) is 29.0 Å². The highest BCUT2D eigenvalue weighted by molar-refractivity contribution is 6.00. The molecule has 92 heavy (non-hydrogen) atoms. The number of hydrogen-bond donors (Lipinski definition) is 14. The van der Waals surface area contributed by atoms with E-state index in [0.29, 0.717) is 35.1 Å². The summed E-state index contributed by atoms with van der Waals surface area (Å²) in [5.74, 6) is -12.6. The van der Waals surface area contributed by atoms with E-state index in [1.807, 2.05) is 13.8 Å². The van der Waals surface area contributed by atoms with Crippen molar-refractivity contribution >= 4 is 71.0 Å². The minimum atomic E-state index is -1.94. The zero-order valence-electron chi connectivity index (χ0n) is 52.0. The molecule has 27 heteroatoms. The molecular weight excluding hydrogens is 1190 g/mol. The zero-order valence-corrected chi connectivity index (χ0v) is 52.0. The number of carbonyl (C=O) groups excluding carboxylic acids is 10. The molecule has 0 bridgehead atoms. The van der Waals surface area contributed by atoms with Crippen molar-refractivity contribution in [1.29, 1.82) is 0 Å². The Kier molecular flexibility index (Phi) is 28.7. The molecule has 5 rings (SSSR count). The predicted octanol–water partition coefficient (Wildman–Crippen LogP) is -0.265. The van der Waals surface area contributed by atoms with Crippen molar-refractivity contribution in [3.8, 4) is 5.75 Å². The predicted molar refractivity (Wildman–Crippen MR) is 337 cm³/mol. The first-order valence-corrected chi connectivity index (χ1v) is 30.5. The van der Waals surface area contributed by atoms with E-state index >= 15 is 4.79 Å². The van der Waals surface area contributed by atoms with Crippen LogP contribution in [0.3, 0.4) is 0 Å². The zero-order chi connectivity index (χ0) is 67.6. The average Bonchev–Trinajstić information content (AvgIpc) is 1.76. The molecule has 0 saturated carbocycles. The van der Waals surface area contributed by atoms with Gasteiger partial charge in [0, 0.05) is 32.2 Å². The lowest BCUT2D eigenvalue weighted by molar-refractivity contribution is -0.144. The molecule has 1 aliphatic heterocycles. The van der Waals surface area contributed by atoms with Gasteiger partial charge in [-0.05, 0) is 84.9 Å². The van der Waals surface area contributed by atoms with Crippen LogP contribution in [0.4, 0.5) is 0 Å². The minimum Gasteiger partial charge on any atom is -0.508 e. The molecule has 496 valence electrons. The van der Waals surface area contributed by atoms with Gasteiger partial charge in [0.05, 0.1) is 18.9 Å². The van der Waals surface area contributed by atoms with Crippen LogP contribution in [0.5, 0.6) is 5.75 Å². The Morgan fingerprint density at radius 2 is 0.902 bits per heavy atom. The van der Waals surface area contributed by atoms with Gasteiger partial charge in [0.1, 0.15) is 60.1 Å². The number of nitrogens with two attached hydrogens (primary N) is 3. The second-order valence-corrected chi connectivity index (χ2v) is 23.6. The van der Waals surface area contributed by atoms with E-state index in [-0.39, 0.29) is 75.6 Å². The van der Waals surface area contributed by atoms with E-state index in [2.05, 4.69) is 42.5 Å². The number of amides is 10. The molecule has 0 spiro atoms. The van der Waals surface area contributed by atoms with Crippen LogP contribution in [-0.2, 0) is 83.2 Å². The topological polar surface area (TPSA) is 443 Å². The number of hydrogen-bond acceptors (Lipinski definition) is 15. The first kappa shape index (κ1) is 73.0. The van der Waals surface area contributed by atoms with Crippen LogP contribution in [0.1, 0.15) is 94.9 Å². The van der Waals surface area contributed by atoms with Gasteiger partial charge in [-0.1, -0.05) is 131 Å². The first-order valence-electron chi connectivity index (χ1n) is 30.5. The van der Waals surface area contributed by atoms with Crippen LogP contribution in [0.2, 0.25) is 0 Å². The number of aromatic hydroxyl groups is 1. The largest absolute Gasteiger partial charge is 0.508 e. The van der Waals surface area contributed by atoms with Gasteiger partial charge in [0.15, 0.2) is 0 Å². The number of carbonyl (C=O) groups is 12. The van der Waals surface area contributed by atoms with Gasteiger partial charge in [0.2, 0.25) is 59.1 Å². The molecule has 10 atom stereocenters. The molecule has 1 saturated heterocycles. The Balaban J connectivity index is 1.42. The summed E-state index contributed by atoms with van der Waals surface area (Å²) in [4.78, 5) is 167. The molecule has 0 unspecified atom stereocenters. The molecule has 0 aromatic heterocycles. The van der Waals surface area contributed by atoms with E-state index in [1.165, 1.54) is 17.0 Å². The minimum absolute atomic E-state index is 0.0276. The third kappa shape index (κ3) is 23.6. The molecule has 17 N–H and O–H groups in total. The fraction of sp³-hybridized carbons (Fsp3) is 0.446. The molecule has 1 aliphatic rings. The Hall–Kier alpha value is -9.76. The lowest BCUT2D eigenvalue weighted by Gasteiger charge is -2.31. The van der Waals surface area contributed by atoms with Gasteiger partial charge >= 0.3 is 11.9 Å².